The molecule has 2 N–H and O–H groups in total. The first kappa shape index (κ1) is 15.6. The third-order valence-electron chi connectivity index (χ3n) is 2.98. The third-order valence-corrected chi connectivity index (χ3v) is 3.62. The highest BCUT2D eigenvalue weighted by Crippen LogP contribution is 2.16. The van der Waals surface area contributed by atoms with Crippen LogP contribution in [0, 0.1) is 11.7 Å². The number of aliphatic hydroxyl groups excluding tert-OH is 1. The maximum atomic E-state index is 13.3. The van der Waals surface area contributed by atoms with Gasteiger partial charge in [-0.2, -0.15) is 0 Å². The van der Waals surface area contributed by atoms with Crippen LogP contribution in [0.2, 0.25) is 0 Å². The quantitative estimate of drug-likeness (QED) is 0.769. The van der Waals surface area contributed by atoms with Crippen molar-refractivity contribution in [2.75, 3.05) is 13.2 Å². The molecule has 0 aliphatic rings. The number of hydrogen-bond acceptors (Lipinski definition) is 2. The second-order valence-corrected chi connectivity index (χ2v) is 5.40. The number of aliphatic hydroxyl groups is 1. The fourth-order valence-electron chi connectivity index (χ4n) is 2.01. The van der Waals surface area contributed by atoms with Crippen molar-refractivity contribution >= 4 is 15.9 Å². The average molecular weight is 318 g/mol. The molecule has 0 heterocycles. The van der Waals surface area contributed by atoms with Crippen molar-refractivity contribution in [1.82, 2.24) is 5.32 Å². The smallest absolute Gasteiger partial charge is 0.137 e. The topological polar surface area (TPSA) is 32.3 Å². The number of halogens is 2. The van der Waals surface area contributed by atoms with Gasteiger partial charge < -0.3 is 10.4 Å². The zero-order valence-corrected chi connectivity index (χ0v) is 12.3. The summed E-state index contributed by atoms with van der Waals surface area (Å²) in [6.45, 7) is 3.91. The van der Waals surface area contributed by atoms with Crippen LogP contribution in [-0.4, -0.2) is 18.3 Å². The number of hydrogen-bond donors (Lipinski definition) is 2. The highest BCUT2D eigenvalue weighted by Gasteiger charge is 2.07. The lowest BCUT2D eigenvalue weighted by Gasteiger charge is -2.15. The Bertz CT molecular complexity index is 354. The van der Waals surface area contributed by atoms with Crippen molar-refractivity contribution in [2.45, 2.75) is 32.7 Å². The Morgan fingerprint density at radius 3 is 2.78 bits per heavy atom. The highest BCUT2D eigenvalue weighted by atomic mass is 79.9. The number of benzene rings is 1. The Morgan fingerprint density at radius 2 is 2.17 bits per heavy atom. The molecular formula is C14H21BrFNO. The second kappa shape index (κ2) is 8.62. The Hall–Kier alpha value is -0.450. The number of nitrogens with one attached hydrogen (secondary N) is 1. The molecule has 0 saturated heterocycles. The van der Waals surface area contributed by atoms with Gasteiger partial charge in [-0.05, 0) is 58.9 Å². The van der Waals surface area contributed by atoms with Crippen molar-refractivity contribution in [3.05, 3.63) is 34.1 Å². The second-order valence-electron chi connectivity index (χ2n) is 4.55. The van der Waals surface area contributed by atoms with Gasteiger partial charge in [-0.15, -0.1) is 0 Å². The Kier molecular flexibility index (Phi) is 7.47. The molecule has 0 amide bonds. The van der Waals surface area contributed by atoms with Gasteiger partial charge in [0.2, 0.25) is 0 Å². The van der Waals surface area contributed by atoms with E-state index in [2.05, 4.69) is 28.2 Å². The maximum absolute atomic E-state index is 13.3. The van der Waals surface area contributed by atoms with Gasteiger partial charge in [0, 0.05) is 13.2 Å². The monoisotopic (exact) mass is 317 g/mol. The van der Waals surface area contributed by atoms with Crippen molar-refractivity contribution in [1.29, 1.82) is 0 Å². The van der Waals surface area contributed by atoms with Gasteiger partial charge in [0.05, 0.1) is 4.47 Å². The molecule has 0 saturated carbocycles. The van der Waals surface area contributed by atoms with Crippen LogP contribution >= 0.6 is 15.9 Å². The van der Waals surface area contributed by atoms with E-state index >= 15 is 0 Å². The van der Waals surface area contributed by atoms with E-state index in [4.69, 9.17) is 5.11 Å². The molecule has 1 atom stereocenters. The first-order valence-electron chi connectivity index (χ1n) is 6.42. The van der Waals surface area contributed by atoms with Gasteiger partial charge in [-0.1, -0.05) is 19.4 Å². The van der Waals surface area contributed by atoms with E-state index in [-0.39, 0.29) is 12.4 Å². The SMILES string of the molecule is CCCC(CCO)CNCc1ccc(Br)c(F)c1. The third kappa shape index (κ3) is 5.46. The van der Waals surface area contributed by atoms with Crippen LogP contribution in [0.25, 0.3) is 0 Å². The van der Waals surface area contributed by atoms with Crippen LogP contribution in [0.1, 0.15) is 31.7 Å². The van der Waals surface area contributed by atoms with E-state index in [0.29, 0.717) is 16.9 Å². The molecule has 0 radical (unpaired) electrons. The molecular weight excluding hydrogens is 297 g/mol. The van der Waals surface area contributed by atoms with Crippen molar-refractivity contribution in [3.8, 4) is 0 Å². The zero-order chi connectivity index (χ0) is 13.4. The first-order valence-corrected chi connectivity index (χ1v) is 7.22. The zero-order valence-electron chi connectivity index (χ0n) is 10.8. The molecule has 0 spiro atoms. The maximum Gasteiger partial charge on any atom is 0.137 e. The van der Waals surface area contributed by atoms with E-state index in [0.717, 1.165) is 31.4 Å². The van der Waals surface area contributed by atoms with E-state index in [9.17, 15) is 4.39 Å². The van der Waals surface area contributed by atoms with Gasteiger partial charge in [0.25, 0.3) is 0 Å². The van der Waals surface area contributed by atoms with E-state index in [1.807, 2.05) is 6.07 Å². The van der Waals surface area contributed by atoms with Gasteiger partial charge in [0.1, 0.15) is 5.82 Å². The summed E-state index contributed by atoms with van der Waals surface area (Å²) in [6.07, 6.45) is 3.07. The van der Waals surface area contributed by atoms with Gasteiger partial charge >= 0.3 is 0 Å². The molecule has 2 nitrogen and oxygen atoms in total. The van der Waals surface area contributed by atoms with Gasteiger partial charge in [0.15, 0.2) is 0 Å². The molecule has 0 aromatic heterocycles. The van der Waals surface area contributed by atoms with E-state index in [1.165, 1.54) is 6.07 Å². The summed E-state index contributed by atoms with van der Waals surface area (Å²) in [5.41, 5.74) is 0.940. The summed E-state index contributed by atoms with van der Waals surface area (Å²) in [5.74, 6) is 0.273. The fraction of sp³-hybridized carbons (Fsp3) is 0.571. The molecule has 0 bridgehead atoms. The number of rotatable bonds is 8. The van der Waals surface area contributed by atoms with Crippen LogP contribution in [0.3, 0.4) is 0 Å². The lowest BCUT2D eigenvalue weighted by molar-refractivity contribution is 0.248. The summed E-state index contributed by atoms with van der Waals surface area (Å²) in [7, 11) is 0. The largest absolute Gasteiger partial charge is 0.396 e. The minimum absolute atomic E-state index is 0.227. The van der Waals surface area contributed by atoms with Gasteiger partial charge in [-0.3, -0.25) is 0 Å². The Labute approximate surface area is 117 Å². The summed E-state index contributed by atoms with van der Waals surface area (Å²) >= 11 is 3.14. The molecule has 1 aromatic rings. The summed E-state index contributed by atoms with van der Waals surface area (Å²) < 4.78 is 13.8. The lowest BCUT2D eigenvalue weighted by atomic mass is 10.0. The predicted molar refractivity (Wildman–Crippen MR) is 75.9 cm³/mol. The molecule has 1 aromatic carbocycles. The standard InChI is InChI=1S/C14H21BrFNO/c1-2-3-11(6-7-18)9-17-10-12-4-5-13(15)14(16)8-12/h4-5,8,11,17-18H,2-3,6-7,9-10H2,1H3. The molecule has 18 heavy (non-hydrogen) atoms. The molecule has 1 rings (SSSR count). The normalized spacial score (nSPS) is 12.7. The molecule has 0 aliphatic carbocycles. The minimum atomic E-state index is -0.227. The van der Waals surface area contributed by atoms with Crippen LogP contribution in [0.4, 0.5) is 4.39 Å². The van der Waals surface area contributed by atoms with Gasteiger partial charge in [-0.25, -0.2) is 4.39 Å². The predicted octanol–water partition coefficient (Wildman–Crippen LogP) is 3.48. The van der Waals surface area contributed by atoms with Crippen LogP contribution < -0.4 is 5.32 Å². The highest BCUT2D eigenvalue weighted by molar-refractivity contribution is 9.10. The summed E-state index contributed by atoms with van der Waals surface area (Å²) in [6, 6.07) is 5.17. The lowest BCUT2D eigenvalue weighted by Crippen LogP contribution is -2.23. The van der Waals surface area contributed by atoms with E-state index in [1.54, 1.807) is 6.07 Å². The van der Waals surface area contributed by atoms with Crippen molar-refractivity contribution < 1.29 is 9.50 Å². The molecule has 0 aliphatic heterocycles. The summed E-state index contributed by atoms with van der Waals surface area (Å²) in [4.78, 5) is 0. The van der Waals surface area contributed by atoms with Crippen LogP contribution in [0.5, 0.6) is 0 Å². The van der Waals surface area contributed by atoms with E-state index < -0.39 is 0 Å². The Balaban J connectivity index is 2.37. The van der Waals surface area contributed by atoms with Crippen molar-refractivity contribution in [3.63, 3.8) is 0 Å². The summed E-state index contributed by atoms with van der Waals surface area (Å²) in [5, 5.41) is 12.3. The minimum Gasteiger partial charge on any atom is -0.396 e. The first-order chi connectivity index (χ1) is 8.67. The van der Waals surface area contributed by atoms with Crippen LogP contribution in [0.15, 0.2) is 22.7 Å². The molecule has 0 fully saturated rings. The van der Waals surface area contributed by atoms with Crippen molar-refractivity contribution in [2.24, 2.45) is 5.92 Å². The molecule has 4 heteroatoms. The fourth-order valence-corrected chi connectivity index (χ4v) is 2.26. The molecule has 1 unspecified atom stereocenters. The average Bonchev–Trinajstić information content (AvgIpc) is 2.34. The van der Waals surface area contributed by atoms with Crippen LogP contribution in [-0.2, 0) is 6.54 Å². The molecule has 102 valence electrons. The Morgan fingerprint density at radius 1 is 1.39 bits per heavy atom.